The molecule has 5 heteroatoms. The maximum atomic E-state index is 10.7. The SMILES string of the molecule is CC(C)(C)c1cc(C(O)C(CO)(CO)CO)cc(C(C)(C)C)c1O. The van der Waals surface area contributed by atoms with E-state index in [1.807, 2.05) is 41.5 Å². The number of aliphatic hydroxyl groups is 4. The van der Waals surface area contributed by atoms with Crippen molar-refractivity contribution in [3.8, 4) is 5.75 Å². The highest BCUT2D eigenvalue weighted by atomic mass is 16.3. The van der Waals surface area contributed by atoms with Crippen molar-refractivity contribution in [2.45, 2.75) is 58.5 Å². The number of aliphatic hydroxyl groups excluding tert-OH is 4. The Labute approximate surface area is 144 Å². The van der Waals surface area contributed by atoms with Gasteiger partial charge in [-0.3, -0.25) is 0 Å². The zero-order chi connectivity index (χ0) is 18.9. The van der Waals surface area contributed by atoms with E-state index in [0.29, 0.717) is 16.7 Å². The highest BCUT2D eigenvalue weighted by molar-refractivity contribution is 5.50. The van der Waals surface area contributed by atoms with Crippen LogP contribution in [0, 0.1) is 5.41 Å². The summed E-state index contributed by atoms with van der Waals surface area (Å²) in [4.78, 5) is 0. The van der Waals surface area contributed by atoms with E-state index in [-0.39, 0.29) is 16.6 Å². The van der Waals surface area contributed by atoms with E-state index < -0.39 is 31.3 Å². The summed E-state index contributed by atoms with van der Waals surface area (Å²) in [6.45, 7) is 10.1. The maximum Gasteiger partial charge on any atom is 0.123 e. The van der Waals surface area contributed by atoms with Crippen LogP contribution in [0.25, 0.3) is 0 Å². The molecule has 0 aromatic heterocycles. The van der Waals surface area contributed by atoms with E-state index in [1.165, 1.54) is 0 Å². The summed E-state index contributed by atoms with van der Waals surface area (Å²) in [5.74, 6) is 0.188. The van der Waals surface area contributed by atoms with Crippen LogP contribution in [-0.4, -0.2) is 45.4 Å². The molecule has 0 aliphatic heterocycles. The van der Waals surface area contributed by atoms with Gasteiger partial charge in [0.25, 0.3) is 0 Å². The molecule has 0 aliphatic carbocycles. The summed E-state index contributed by atoms with van der Waals surface area (Å²) >= 11 is 0. The van der Waals surface area contributed by atoms with E-state index in [1.54, 1.807) is 12.1 Å². The van der Waals surface area contributed by atoms with Gasteiger partial charge in [-0.1, -0.05) is 41.5 Å². The number of phenolic OH excluding ortho intramolecular Hbond substituents is 1. The molecule has 0 saturated heterocycles. The molecule has 0 fully saturated rings. The summed E-state index contributed by atoms with van der Waals surface area (Å²) in [6.07, 6.45) is -1.26. The molecule has 1 aromatic rings. The number of rotatable bonds is 5. The summed E-state index contributed by atoms with van der Waals surface area (Å²) in [5, 5.41) is 50.2. The first kappa shape index (κ1) is 20.9. The molecule has 1 aromatic carbocycles. The zero-order valence-corrected chi connectivity index (χ0v) is 15.6. The Bertz CT molecular complexity index is 519. The van der Waals surface area contributed by atoms with E-state index in [9.17, 15) is 25.5 Å². The lowest BCUT2D eigenvalue weighted by atomic mass is 9.74. The van der Waals surface area contributed by atoms with Gasteiger partial charge in [0.1, 0.15) is 5.75 Å². The van der Waals surface area contributed by atoms with Crippen molar-refractivity contribution in [1.82, 2.24) is 0 Å². The Morgan fingerprint density at radius 3 is 1.38 bits per heavy atom. The normalized spacial score (nSPS) is 14.8. The summed E-state index contributed by atoms with van der Waals surface area (Å²) in [7, 11) is 0. The minimum absolute atomic E-state index is 0.188. The molecule has 1 unspecified atom stereocenters. The first-order valence-electron chi connectivity index (χ1n) is 8.22. The monoisotopic (exact) mass is 340 g/mol. The lowest BCUT2D eigenvalue weighted by Crippen LogP contribution is -2.40. The van der Waals surface area contributed by atoms with Crippen LogP contribution >= 0.6 is 0 Å². The second-order valence-electron chi connectivity index (χ2n) is 8.70. The number of hydrogen-bond donors (Lipinski definition) is 5. The van der Waals surface area contributed by atoms with E-state index in [2.05, 4.69) is 0 Å². The van der Waals surface area contributed by atoms with Crippen LogP contribution in [0.2, 0.25) is 0 Å². The molecule has 0 amide bonds. The Morgan fingerprint density at radius 1 is 0.792 bits per heavy atom. The van der Waals surface area contributed by atoms with Gasteiger partial charge in [-0.25, -0.2) is 0 Å². The molecular formula is C19H32O5. The van der Waals surface area contributed by atoms with Gasteiger partial charge in [0.05, 0.1) is 31.3 Å². The number of aromatic hydroxyl groups is 1. The summed E-state index contributed by atoms with van der Waals surface area (Å²) in [6, 6.07) is 3.37. The minimum atomic E-state index is -1.44. The summed E-state index contributed by atoms with van der Waals surface area (Å²) < 4.78 is 0. The minimum Gasteiger partial charge on any atom is -0.507 e. The number of phenols is 1. The number of hydrogen-bond acceptors (Lipinski definition) is 5. The molecule has 5 nitrogen and oxygen atoms in total. The highest BCUT2D eigenvalue weighted by Gasteiger charge is 2.39. The quantitative estimate of drug-likeness (QED) is 0.564. The second-order valence-corrected chi connectivity index (χ2v) is 8.70. The third-order valence-corrected chi connectivity index (χ3v) is 4.59. The van der Waals surface area contributed by atoms with Crippen LogP contribution in [0.5, 0.6) is 5.75 Å². The Hall–Kier alpha value is -1.14. The van der Waals surface area contributed by atoms with E-state index >= 15 is 0 Å². The van der Waals surface area contributed by atoms with Crippen LogP contribution < -0.4 is 0 Å². The molecule has 0 bridgehead atoms. The standard InChI is InChI=1S/C19H32O5/c1-17(2,3)13-7-12(8-14(15(13)23)18(4,5)6)16(24)19(9-20,10-21)11-22/h7-8,16,20-24H,9-11H2,1-6H3. The molecule has 138 valence electrons. The van der Waals surface area contributed by atoms with E-state index in [4.69, 9.17) is 0 Å². The maximum absolute atomic E-state index is 10.7. The van der Waals surface area contributed by atoms with Gasteiger partial charge >= 0.3 is 0 Å². The van der Waals surface area contributed by atoms with Gasteiger partial charge in [0.2, 0.25) is 0 Å². The molecule has 24 heavy (non-hydrogen) atoms. The molecule has 0 saturated carbocycles. The van der Waals surface area contributed by atoms with Crippen LogP contribution in [0.1, 0.15) is 64.3 Å². The molecule has 0 radical (unpaired) electrons. The van der Waals surface area contributed by atoms with Gasteiger partial charge in [-0.05, 0) is 39.7 Å². The van der Waals surface area contributed by atoms with Gasteiger partial charge < -0.3 is 25.5 Å². The second kappa shape index (κ2) is 7.00. The van der Waals surface area contributed by atoms with Crippen molar-refractivity contribution in [2.24, 2.45) is 5.41 Å². The number of benzene rings is 1. The first-order chi connectivity index (χ1) is 10.8. The predicted molar refractivity (Wildman–Crippen MR) is 94.2 cm³/mol. The molecule has 1 atom stereocenters. The van der Waals surface area contributed by atoms with Crippen LogP contribution in [0.4, 0.5) is 0 Å². The first-order valence-corrected chi connectivity index (χ1v) is 8.22. The molecular weight excluding hydrogens is 308 g/mol. The highest BCUT2D eigenvalue weighted by Crippen LogP contribution is 2.43. The molecule has 0 spiro atoms. The molecule has 0 aliphatic rings. The van der Waals surface area contributed by atoms with Crippen molar-refractivity contribution in [3.63, 3.8) is 0 Å². The molecule has 0 heterocycles. The topological polar surface area (TPSA) is 101 Å². The molecule has 1 rings (SSSR count). The van der Waals surface area contributed by atoms with Gasteiger partial charge in [0, 0.05) is 0 Å². The average molecular weight is 340 g/mol. The zero-order valence-electron chi connectivity index (χ0n) is 15.6. The fraction of sp³-hybridized carbons (Fsp3) is 0.684. The van der Waals surface area contributed by atoms with Crippen LogP contribution in [0.15, 0.2) is 12.1 Å². The van der Waals surface area contributed by atoms with Gasteiger partial charge in [-0.2, -0.15) is 0 Å². The fourth-order valence-electron chi connectivity index (χ4n) is 2.72. The van der Waals surface area contributed by atoms with Crippen molar-refractivity contribution in [2.75, 3.05) is 19.8 Å². The van der Waals surface area contributed by atoms with Gasteiger partial charge in [-0.15, -0.1) is 0 Å². The third-order valence-electron chi connectivity index (χ3n) is 4.59. The Morgan fingerprint density at radius 2 is 1.12 bits per heavy atom. The smallest absolute Gasteiger partial charge is 0.123 e. The predicted octanol–water partition coefficient (Wildman–Crippen LogP) is 1.98. The Kier molecular flexibility index (Phi) is 6.10. The van der Waals surface area contributed by atoms with Crippen LogP contribution in [0.3, 0.4) is 0 Å². The van der Waals surface area contributed by atoms with Gasteiger partial charge in [0.15, 0.2) is 0 Å². The van der Waals surface area contributed by atoms with Crippen molar-refractivity contribution < 1.29 is 25.5 Å². The van der Waals surface area contributed by atoms with Crippen molar-refractivity contribution in [1.29, 1.82) is 0 Å². The Balaban J connectivity index is 3.66. The lowest BCUT2D eigenvalue weighted by Gasteiger charge is -2.35. The average Bonchev–Trinajstić information content (AvgIpc) is 2.47. The third kappa shape index (κ3) is 3.91. The largest absolute Gasteiger partial charge is 0.507 e. The lowest BCUT2D eigenvalue weighted by molar-refractivity contribution is -0.0852. The van der Waals surface area contributed by atoms with Crippen molar-refractivity contribution in [3.05, 3.63) is 28.8 Å². The molecule has 5 N–H and O–H groups in total. The summed E-state index contributed by atoms with van der Waals surface area (Å²) in [5.41, 5.74) is -0.361. The van der Waals surface area contributed by atoms with Crippen LogP contribution in [-0.2, 0) is 10.8 Å². The van der Waals surface area contributed by atoms with Crippen molar-refractivity contribution >= 4 is 0 Å². The van der Waals surface area contributed by atoms with E-state index in [0.717, 1.165) is 0 Å². The fourth-order valence-corrected chi connectivity index (χ4v) is 2.72.